The van der Waals surface area contributed by atoms with Crippen molar-refractivity contribution in [2.45, 2.75) is 25.7 Å². The maximum Gasteiger partial charge on any atom is 0.336 e. The number of hydrogen-bond acceptors (Lipinski definition) is 4. The van der Waals surface area contributed by atoms with E-state index in [1.807, 2.05) is 19.2 Å². The number of nitrogens with zero attached hydrogens (tertiary/aromatic N) is 1. The molecule has 3 atom stereocenters. The lowest BCUT2D eigenvalue weighted by molar-refractivity contribution is -0.152. The number of esters is 1. The van der Waals surface area contributed by atoms with E-state index in [4.69, 9.17) is 9.47 Å². The van der Waals surface area contributed by atoms with Crippen LogP contribution in [0.15, 0.2) is 47.7 Å². The van der Waals surface area contributed by atoms with Crippen LogP contribution in [0.1, 0.15) is 24.1 Å². The second kappa shape index (κ2) is 4.98. The molecule has 1 saturated heterocycles. The average molecular weight is 311 g/mol. The molecule has 2 aliphatic heterocycles. The highest BCUT2D eigenvalue weighted by Gasteiger charge is 2.47. The van der Waals surface area contributed by atoms with Crippen molar-refractivity contribution in [2.75, 3.05) is 7.05 Å². The number of ether oxygens (including phenoxy) is 2. The fraction of sp³-hybridized carbons (Fsp3) is 0.333. The Morgan fingerprint density at radius 3 is 2.83 bits per heavy atom. The van der Waals surface area contributed by atoms with Crippen molar-refractivity contribution in [3.8, 4) is 0 Å². The Bertz CT molecular complexity index is 764. The number of carbonyl (C=O) groups excluding carboxylic acids is 2. The molecule has 2 heterocycles. The van der Waals surface area contributed by atoms with Gasteiger partial charge in [-0.2, -0.15) is 0 Å². The summed E-state index contributed by atoms with van der Waals surface area (Å²) in [5, 5.41) is 0. The average Bonchev–Trinajstić information content (AvgIpc) is 3.13. The molecule has 1 aromatic carbocycles. The summed E-state index contributed by atoms with van der Waals surface area (Å²) in [5.74, 6) is -0.318. The van der Waals surface area contributed by atoms with E-state index < -0.39 is 6.29 Å². The monoisotopic (exact) mass is 311 g/mol. The molecule has 5 heteroatoms. The van der Waals surface area contributed by atoms with Gasteiger partial charge in [-0.1, -0.05) is 24.3 Å². The van der Waals surface area contributed by atoms with E-state index >= 15 is 0 Å². The molecule has 0 spiro atoms. The molecule has 1 aliphatic carbocycles. The molecule has 1 aromatic rings. The van der Waals surface area contributed by atoms with Gasteiger partial charge >= 0.3 is 5.97 Å². The first-order valence-corrected chi connectivity index (χ1v) is 7.66. The van der Waals surface area contributed by atoms with Crippen molar-refractivity contribution in [2.24, 2.45) is 5.92 Å². The number of fused-ring (bicyclic) bond motifs is 3. The standard InChI is InChI=1S/C18H17NO4/c1-10-7-15(23-18(10)21)22-9-14-13-8-11-5-3-4-6-12(11)16(13)19(2)17(14)20/h3-7,9,13,15-16H,8H2,1-2H3/b14-9+/t13-,15?,16-/m1/s1. The van der Waals surface area contributed by atoms with Crippen molar-refractivity contribution < 1.29 is 19.1 Å². The number of hydrogen-bond donors (Lipinski definition) is 0. The van der Waals surface area contributed by atoms with Crippen molar-refractivity contribution >= 4 is 11.9 Å². The van der Waals surface area contributed by atoms with Crippen LogP contribution >= 0.6 is 0 Å². The summed E-state index contributed by atoms with van der Waals surface area (Å²) in [6.45, 7) is 1.68. The quantitative estimate of drug-likeness (QED) is 0.477. The molecule has 0 bridgehead atoms. The fourth-order valence-electron chi connectivity index (χ4n) is 3.67. The molecular weight excluding hydrogens is 294 g/mol. The predicted octanol–water partition coefficient (Wildman–Crippen LogP) is 2.10. The number of carbonyl (C=O) groups is 2. The number of likely N-dealkylation sites (N-methyl/N-ethyl adjacent to an activating group) is 1. The van der Waals surface area contributed by atoms with Crippen LogP contribution in [0.2, 0.25) is 0 Å². The van der Waals surface area contributed by atoms with Crippen molar-refractivity contribution in [3.63, 3.8) is 0 Å². The minimum Gasteiger partial charge on any atom is -0.458 e. The fourth-order valence-corrected chi connectivity index (χ4v) is 3.67. The van der Waals surface area contributed by atoms with Gasteiger partial charge in [0, 0.05) is 24.6 Å². The summed E-state index contributed by atoms with van der Waals surface area (Å²) < 4.78 is 10.6. The summed E-state index contributed by atoms with van der Waals surface area (Å²) >= 11 is 0. The first-order valence-electron chi connectivity index (χ1n) is 7.66. The number of likely N-dealkylation sites (tertiary alicyclic amines) is 1. The van der Waals surface area contributed by atoms with E-state index in [0.29, 0.717) is 11.1 Å². The minimum atomic E-state index is -0.740. The van der Waals surface area contributed by atoms with Crippen LogP contribution in [0.3, 0.4) is 0 Å². The van der Waals surface area contributed by atoms with Crippen molar-refractivity contribution in [1.82, 2.24) is 4.90 Å². The molecule has 0 radical (unpaired) electrons. The van der Waals surface area contributed by atoms with Crippen LogP contribution in [-0.2, 0) is 25.5 Å². The number of amides is 1. The molecule has 0 saturated carbocycles. The lowest BCUT2D eigenvalue weighted by Gasteiger charge is -2.19. The SMILES string of the molecule is CC1=CC(O/C=C2/C(=O)N(C)[C@@H]3c4ccccc4C[C@H]23)OC1=O. The van der Waals surface area contributed by atoms with Gasteiger partial charge in [-0.3, -0.25) is 4.79 Å². The van der Waals surface area contributed by atoms with Crippen molar-refractivity contribution in [3.05, 3.63) is 58.9 Å². The lowest BCUT2D eigenvalue weighted by Crippen LogP contribution is -2.23. The highest BCUT2D eigenvalue weighted by molar-refractivity contribution is 5.97. The molecule has 5 nitrogen and oxygen atoms in total. The normalized spacial score (nSPS) is 30.3. The van der Waals surface area contributed by atoms with Crippen LogP contribution in [0.4, 0.5) is 0 Å². The molecule has 1 unspecified atom stereocenters. The third-order valence-electron chi connectivity index (χ3n) is 4.84. The largest absolute Gasteiger partial charge is 0.458 e. The van der Waals surface area contributed by atoms with Gasteiger partial charge in [0.2, 0.25) is 0 Å². The van der Waals surface area contributed by atoms with E-state index in [2.05, 4.69) is 12.1 Å². The second-order valence-corrected chi connectivity index (χ2v) is 6.20. The minimum absolute atomic E-state index is 0.0282. The maximum atomic E-state index is 12.5. The molecule has 0 N–H and O–H groups in total. The lowest BCUT2D eigenvalue weighted by atomic mass is 9.97. The zero-order valence-corrected chi connectivity index (χ0v) is 13.0. The Hall–Kier alpha value is -2.56. The molecular formula is C18H17NO4. The Labute approximate surface area is 134 Å². The molecule has 118 valence electrons. The first kappa shape index (κ1) is 14.1. The summed E-state index contributed by atoms with van der Waals surface area (Å²) in [7, 11) is 1.82. The van der Waals surface area contributed by atoms with Gasteiger partial charge in [-0.25, -0.2) is 4.79 Å². The van der Waals surface area contributed by atoms with E-state index in [9.17, 15) is 9.59 Å². The van der Waals surface area contributed by atoms with E-state index in [0.717, 1.165) is 6.42 Å². The van der Waals surface area contributed by atoms with Crippen molar-refractivity contribution in [1.29, 1.82) is 0 Å². The highest BCUT2D eigenvalue weighted by atomic mass is 16.7. The van der Waals surface area contributed by atoms with E-state index in [1.54, 1.807) is 17.9 Å². The molecule has 0 aromatic heterocycles. The van der Waals surface area contributed by atoms with Crippen LogP contribution < -0.4 is 0 Å². The van der Waals surface area contributed by atoms with Gasteiger partial charge in [0.25, 0.3) is 12.2 Å². The summed E-state index contributed by atoms with van der Waals surface area (Å²) in [5.41, 5.74) is 3.65. The Kier molecular flexibility index (Phi) is 3.04. The van der Waals surface area contributed by atoms with Gasteiger partial charge in [0.15, 0.2) is 0 Å². The molecule has 3 aliphatic rings. The van der Waals surface area contributed by atoms with Gasteiger partial charge in [0.1, 0.15) is 0 Å². The summed E-state index contributed by atoms with van der Waals surface area (Å²) in [4.78, 5) is 25.6. The number of benzene rings is 1. The van der Waals surface area contributed by atoms with Crippen LogP contribution in [0, 0.1) is 5.92 Å². The van der Waals surface area contributed by atoms with Gasteiger partial charge in [-0.05, 0) is 24.5 Å². The summed E-state index contributed by atoms with van der Waals surface area (Å²) in [6, 6.07) is 8.28. The third kappa shape index (κ3) is 2.07. The first-order chi connectivity index (χ1) is 11.1. The smallest absolute Gasteiger partial charge is 0.336 e. The molecule has 4 rings (SSSR count). The molecule has 23 heavy (non-hydrogen) atoms. The molecule has 1 fully saturated rings. The van der Waals surface area contributed by atoms with Crippen LogP contribution in [-0.4, -0.2) is 30.1 Å². The maximum absolute atomic E-state index is 12.5. The Morgan fingerprint density at radius 1 is 1.30 bits per heavy atom. The molecule has 1 amide bonds. The third-order valence-corrected chi connectivity index (χ3v) is 4.84. The second-order valence-electron chi connectivity index (χ2n) is 6.20. The van der Waals surface area contributed by atoms with E-state index in [-0.39, 0.29) is 23.8 Å². The van der Waals surface area contributed by atoms with Gasteiger partial charge in [-0.15, -0.1) is 0 Å². The van der Waals surface area contributed by atoms with Crippen LogP contribution in [0.25, 0.3) is 0 Å². The van der Waals surface area contributed by atoms with E-state index in [1.165, 1.54) is 17.4 Å². The van der Waals surface area contributed by atoms with Gasteiger partial charge in [0.05, 0.1) is 17.9 Å². The van der Waals surface area contributed by atoms with Gasteiger partial charge < -0.3 is 14.4 Å². The highest BCUT2D eigenvalue weighted by Crippen LogP contribution is 2.48. The Balaban J connectivity index is 1.60. The Morgan fingerprint density at radius 2 is 2.09 bits per heavy atom. The zero-order valence-electron chi connectivity index (χ0n) is 13.0. The number of rotatable bonds is 2. The van der Waals surface area contributed by atoms with Crippen LogP contribution in [0.5, 0.6) is 0 Å². The topological polar surface area (TPSA) is 55.8 Å². The summed E-state index contributed by atoms with van der Waals surface area (Å²) in [6.07, 6.45) is 3.17. The number of cyclic esters (lactones) is 1. The predicted molar refractivity (Wildman–Crippen MR) is 82.0 cm³/mol. The zero-order chi connectivity index (χ0) is 16.1.